The molecule has 120 valence electrons. The summed E-state index contributed by atoms with van der Waals surface area (Å²) in [4.78, 5) is 20.2. The van der Waals surface area contributed by atoms with Gasteiger partial charge in [-0.05, 0) is 37.0 Å². The molecule has 0 aliphatic heterocycles. The second-order valence-electron chi connectivity index (χ2n) is 5.45. The minimum Gasteiger partial charge on any atom is -0.368 e. The van der Waals surface area contributed by atoms with Gasteiger partial charge < -0.3 is 10.6 Å². The van der Waals surface area contributed by atoms with Crippen LogP contribution in [0.2, 0.25) is 10.0 Å². The molecule has 1 aliphatic rings. The summed E-state index contributed by atoms with van der Waals surface area (Å²) in [5.74, 6) is 0.456. The van der Waals surface area contributed by atoms with Crippen LogP contribution in [0.5, 0.6) is 0 Å². The van der Waals surface area contributed by atoms with E-state index in [1.165, 1.54) is 6.20 Å². The Morgan fingerprint density at radius 3 is 2.70 bits per heavy atom. The quantitative estimate of drug-likeness (QED) is 0.838. The van der Waals surface area contributed by atoms with Crippen molar-refractivity contribution in [2.45, 2.75) is 25.3 Å². The molecule has 1 aromatic carbocycles. The topological polar surface area (TPSA) is 66.9 Å². The minimum atomic E-state index is -0.167. The number of nitrogens with one attached hydrogen (secondary N) is 2. The van der Waals surface area contributed by atoms with Crippen LogP contribution in [0.4, 0.5) is 5.82 Å². The van der Waals surface area contributed by atoms with E-state index in [0.29, 0.717) is 34.1 Å². The molecular formula is C16H16Cl2N4O. The van der Waals surface area contributed by atoms with E-state index in [2.05, 4.69) is 20.6 Å². The molecule has 1 aliphatic carbocycles. The number of carbonyl (C=O) groups is 1. The molecule has 1 saturated carbocycles. The van der Waals surface area contributed by atoms with Gasteiger partial charge in [0.05, 0.1) is 12.4 Å². The van der Waals surface area contributed by atoms with Crippen molar-refractivity contribution in [3.63, 3.8) is 0 Å². The Hall–Kier alpha value is -1.85. The highest BCUT2D eigenvalue weighted by Gasteiger charge is 2.24. The average molecular weight is 351 g/mol. The molecule has 0 atom stereocenters. The molecule has 0 radical (unpaired) electrons. The maximum Gasteiger partial charge on any atom is 0.271 e. The number of rotatable bonds is 6. The van der Waals surface area contributed by atoms with Gasteiger partial charge in [-0.3, -0.25) is 4.79 Å². The third-order valence-electron chi connectivity index (χ3n) is 3.51. The van der Waals surface area contributed by atoms with Crippen molar-refractivity contribution in [2.24, 2.45) is 0 Å². The summed E-state index contributed by atoms with van der Waals surface area (Å²) in [6, 6.07) is 5.76. The van der Waals surface area contributed by atoms with E-state index in [0.717, 1.165) is 24.8 Å². The van der Waals surface area contributed by atoms with Crippen molar-refractivity contribution in [1.82, 2.24) is 15.3 Å². The lowest BCUT2D eigenvalue weighted by Crippen LogP contribution is -2.26. The predicted molar refractivity (Wildman–Crippen MR) is 91.2 cm³/mol. The first-order chi connectivity index (χ1) is 11.1. The Morgan fingerprint density at radius 2 is 2.04 bits per heavy atom. The van der Waals surface area contributed by atoms with Crippen LogP contribution in [0.1, 0.15) is 28.9 Å². The Balaban J connectivity index is 1.51. The second kappa shape index (κ2) is 7.15. The van der Waals surface area contributed by atoms with Crippen LogP contribution in [0.3, 0.4) is 0 Å². The summed E-state index contributed by atoms with van der Waals surface area (Å²) in [6.45, 7) is 0.656. The summed E-state index contributed by atoms with van der Waals surface area (Å²) < 4.78 is 0. The highest BCUT2D eigenvalue weighted by molar-refractivity contribution is 6.35. The fourth-order valence-corrected chi connectivity index (χ4v) is 2.58. The third-order valence-corrected chi connectivity index (χ3v) is 4.10. The Bertz CT molecular complexity index is 702. The molecule has 5 nitrogen and oxygen atoms in total. The number of aromatic nitrogens is 2. The molecule has 1 heterocycles. The Morgan fingerprint density at radius 1 is 1.22 bits per heavy atom. The van der Waals surface area contributed by atoms with Gasteiger partial charge >= 0.3 is 0 Å². The van der Waals surface area contributed by atoms with E-state index in [1.54, 1.807) is 12.3 Å². The number of hydrogen-bond donors (Lipinski definition) is 2. The lowest BCUT2D eigenvalue weighted by atomic mass is 10.1. The molecule has 23 heavy (non-hydrogen) atoms. The fraction of sp³-hybridized carbons (Fsp3) is 0.312. The summed E-state index contributed by atoms with van der Waals surface area (Å²) in [5.41, 5.74) is 1.35. The normalized spacial score (nSPS) is 13.7. The molecule has 3 rings (SSSR count). The van der Waals surface area contributed by atoms with E-state index in [4.69, 9.17) is 23.2 Å². The van der Waals surface area contributed by atoms with Gasteiger partial charge in [0.1, 0.15) is 11.5 Å². The zero-order valence-corrected chi connectivity index (χ0v) is 13.9. The third kappa shape index (κ3) is 4.56. The van der Waals surface area contributed by atoms with Gasteiger partial charge in [0.2, 0.25) is 0 Å². The number of benzene rings is 1. The molecule has 1 aromatic heterocycles. The summed E-state index contributed by atoms with van der Waals surface area (Å²) in [5, 5.41) is 7.31. The number of amides is 1. The second-order valence-corrected chi connectivity index (χ2v) is 6.29. The summed E-state index contributed by atoms with van der Waals surface area (Å²) in [7, 11) is 0. The van der Waals surface area contributed by atoms with Crippen LogP contribution in [0.25, 0.3) is 0 Å². The van der Waals surface area contributed by atoms with E-state index >= 15 is 0 Å². The molecule has 7 heteroatoms. The first kappa shape index (κ1) is 16.0. The molecular weight excluding hydrogens is 335 g/mol. The monoisotopic (exact) mass is 350 g/mol. The number of hydrogen-bond acceptors (Lipinski definition) is 4. The van der Waals surface area contributed by atoms with Crippen LogP contribution in [-0.2, 0) is 6.42 Å². The zero-order valence-electron chi connectivity index (χ0n) is 12.4. The molecule has 0 bridgehead atoms. The van der Waals surface area contributed by atoms with Crippen molar-refractivity contribution in [3.05, 3.63) is 51.9 Å². The average Bonchev–Trinajstić information content (AvgIpc) is 3.34. The van der Waals surface area contributed by atoms with Gasteiger partial charge in [-0.2, -0.15) is 0 Å². The largest absolute Gasteiger partial charge is 0.368 e. The van der Waals surface area contributed by atoms with Crippen molar-refractivity contribution < 1.29 is 4.79 Å². The number of anilines is 1. The predicted octanol–water partition coefficient (Wildman–Crippen LogP) is 3.33. The summed E-state index contributed by atoms with van der Waals surface area (Å²) >= 11 is 12.0. The van der Waals surface area contributed by atoms with E-state index in [-0.39, 0.29) is 5.91 Å². The van der Waals surface area contributed by atoms with Crippen molar-refractivity contribution in [2.75, 3.05) is 11.9 Å². The van der Waals surface area contributed by atoms with Crippen LogP contribution in [0, 0.1) is 0 Å². The van der Waals surface area contributed by atoms with E-state index < -0.39 is 0 Å². The zero-order chi connectivity index (χ0) is 16.2. The highest BCUT2D eigenvalue weighted by Crippen LogP contribution is 2.21. The maximum atomic E-state index is 11.8. The van der Waals surface area contributed by atoms with Gasteiger partial charge in [-0.25, -0.2) is 9.97 Å². The highest BCUT2D eigenvalue weighted by atomic mass is 35.5. The first-order valence-corrected chi connectivity index (χ1v) is 8.18. The lowest BCUT2D eigenvalue weighted by molar-refractivity contribution is 0.0945. The van der Waals surface area contributed by atoms with Crippen LogP contribution >= 0.6 is 23.2 Å². The molecule has 2 N–H and O–H groups in total. The maximum absolute atomic E-state index is 11.8. The standard InChI is InChI=1S/C16H16Cl2N4O/c17-11-2-1-10(13(18)7-11)5-6-19-15-9-20-14(8-21-15)16(23)22-12-3-4-12/h1-2,7-9,12H,3-6H2,(H,19,21)(H,22,23). The number of halogens is 2. The van der Waals surface area contributed by atoms with Gasteiger partial charge in [-0.15, -0.1) is 0 Å². The first-order valence-electron chi connectivity index (χ1n) is 7.42. The van der Waals surface area contributed by atoms with Gasteiger partial charge in [-0.1, -0.05) is 29.3 Å². The molecule has 0 unspecified atom stereocenters. The Kier molecular flexibility index (Phi) is 4.98. The molecule has 2 aromatic rings. The minimum absolute atomic E-state index is 0.167. The van der Waals surface area contributed by atoms with Crippen molar-refractivity contribution in [3.8, 4) is 0 Å². The smallest absolute Gasteiger partial charge is 0.271 e. The lowest BCUT2D eigenvalue weighted by Gasteiger charge is -2.08. The van der Waals surface area contributed by atoms with Gasteiger partial charge in [0.25, 0.3) is 5.91 Å². The Labute approximate surface area is 144 Å². The number of carbonyl (C=O) groups excluding carboxylic acids is 1. The van der Waals surface area contributed by atoms with Gasteiger partial charge in [0, 0.05) is 22.6 Å². The van der Waals surface area contributed by atoms with Crippen LogP contribution in [0.15, 0.2) is 30.6 Å². The van der Waals surface area contributed by atoms with Crippen molar-refractivity contribution in [1.29, 1.82) is 0 Å². The number of nitrogens with zero attached hydrogens (tertiary/aromatic N) is 2. The molecule has 1 fully saturated rings. The molecule has 0 saturated heterocycles. The molecule has 0 spiro atoms. The SMILES string of the molecule is O=C(NC1CC1)c1cnc(NCCc2ccc(Cl)cc2Cl)cn1. The van der Waals surface area contributed by atoms with Gasteiger partial charge in [0.15, 0.2) is 0 Å². The summed E-state index contributed by atoms with van der Waals surface area (Å²) in [6.07, 6.45) is 5.88. The van der Waals surface area contributed by atoms with Crippen molar-refractivity contribution >= 4 is 34.9 Å². The van der Waals surface area contributed by atoms with Crippen LogP contribution in [-0.4, -0.2) is 28.5 Å². The van der Waals surface area contributed by atoms with E-state index in [1.807, 2.05) is 12.1 Å². The fourth-order valence-electron chi connectivity index (χ4n) is 2.07. The van der Waals surface area contributed by atoms with E-state index in [9.17, 15) is 4.79 Å². The molecule has 1 amide bonds. The van der Waals surface area contributed by atoms with Crippen LogP contribution < -0.4 is 10.6 Å².